The summed E-state index contributed by atoms with van der Waals surface area (Å²) in [4.78, 5) is 48.3. The summed E-state index contributed by atoms with van der Waals surface area (Å²) >= 11 is 0. The molecule has 3 rings (SSSR count). The van der Waals surface area contributed by atoms with E-state index in [4.69, 9.17) is 5.11 Å². The molecule has 11 nitrogen and oxygen atoms in total. The van der Waals surface area contributed by atoms with E-state index in [0.29, 0.717) is 17.7 Å². The summed E-state index contributed by atoms with van der Waals surface area (Å²) in [5.74, 6) is -2.38. The summed E-state index contributed by atoms with van der Waals surface area (Å²) in [6, 6.07) is 5.76. The molecule has 0 aliphatic carbocycles. The smallest absolute Gasteiger partial charge is 0.342 e. The van der Waals surface area contributed by atoms with Gasteiger partial charge in [0.25, 0.3) is 0 Å². The highest BCUT2D eigenvalue weighted by Gasteiger charge is 2.16. The van der Waals surface area contributed by atoms with Crippen molar-refractivity contribution < 1.29 is 24.6 Å². The Labute approximate surface area is 177 Å². The quantitative estimate of drug-likeness (QED) is 0.397. The van der Waals surface area contributed by atoms with Gasteiger partial charge >= 0.3 is 5.97 Å². The van der Waals surface area contributed by atoms with Crippen LogP contribution in [0, 0.1) is 0 Å². The normalized spacial score (nSPS) is 10.9. The Morgan fingerprint density at radius 3 is 2.39 bits per heavy atom. The molecule has 0 saturated heterocycles. The number of hydrogen-bond acceptors (Lipinski definition) is 7. The number of anilines is 1. The van der Waals surface area contributed by atoms with Gasteiger partial charge in [0.1, 0.15) is 11.6 Å². The van der Waals surface area contributed by atoms with E-state index in [2.05, 4.69) is 30.6 Å². The fourth-order valence-corrected chi connectivity index (χ4v) is 2.24. The average Bonchev–Trinajstić information content (AvgIpc) is 3.34. The first kappa shape index (κ1) is 23.0. The third-order valence-corrected chi connectivity index (χ3v) is 3.91. The summed E-state index contributed by atoms with van der Waals surface area (Å²) in [6.07, 6.45) is 6.40. The molecule has 0 aliphatic heterocycles. The highest BCUT2D eigenvalue weighted by molar-refractivity contribution is 5.97. The first-order valence-corrected chi connectivity index (χ1v) is 9.24. The molecule has 3 aromatic rings. The maximum atomic E-state index is 12.0. The molecular formula is C20H22N6O5. The van der Waals surface area contributed by atoms with Crippen molar-refractivity contribution in [2.45, 2.75) is 26.3 Å². The lowest BCUT2D eigenvalue weighted by Gasteiger charge is -2.13. The zero-order valence-electron chi connectivity index (χ0n) is 16.9. The minimum absolute atomic E-state index is 0.147. The minimum atomic E-state index is -1.32. The van der Waals surface area contributed by atoms with Crippen LogP contribution < -0.4 is 10.6 Å². The molecule has 2 heterocycles. The molecule has 1 atom stereocenters. The van der Waals surface area contributed by atoms with E-state index in [-0.39, 0.29) is 23.2 Å². The number of aromatic carboxylic acids is 1. The van der Waals surface area contributed by atoms with Crippen molar-refractivity contribution in [2.75, 3.05) is 5.32 Å². The Hall–Kier alpha value is -4.28. The largest absolute Gasteiger partial charge is 0.493 e. The molecule has 2 aromatic heterocycles. The van der Waals surface area contributed by atoms with Crippen LogP contribution in [-0.4, -0.2) is 54.0 Å². The van der Waals surface area contributed by atoms with E-state index in [0.717, 1.165) is 6.20 Å². The van der Waals surface area contributed by atoms with E-state index in [9.17, 15) is 19.5 Å². The molecule has 0 radical (unpaired) electrons. The van der Waals surface area contributed by atoms with E-state index >= 15 is 0 Å². The van der Waals surface area contributed by atoms with Crippen molar-refractivity contribution >= 4 is 23.5 Å². The summed E-state index contributed by atoms with van der Waals surface area (Å²) in [6.45, 7) is 3.28. The van der Waals surface area contributed by atoms with Gasteiger partial charge in [0.2, 0.25) is 17.7 Å². The van der Waals surface area contributed by atoms with Gasteiger partial charge in [-0.25, -0.2) is 14.8 Å². The van der Waals surface area contributed by atoms with Crippen molar-refractivity contribution in [2.24, 2.45) is 0 Å². The van der Waals surface area contributed by atoms with Crippen LogP contribution in [0.5, 0.6) is 5.88 Å². The standard InChI is InChI=1S/C17H18N4O5.C3H4N2/c1-3-13(22)19-9(2)15(23)20-11-6-4-10(5-7-11)14-18-8-12(17(25)26)16(24)21-14;1-2-5-3-4-1/h4-9H,3H2,1-2H3,(H,19,22)(H,20,23)(H,25,26)(H,18,21,24);1-3H,(H,4,5)/t9-;/m0./s1. The number of carbonyl (C=O) groups is 3. The summed E-state index contributed by atoms with van der Waals surface area (Å²) < 4.78 is 0. The van der Waals surface area contributed by atoms with Gasteiger partial charge in [-0.15, -0.1) is 0 Å². The summed E-state index contributed by atoms with van der Waals surface area (Å²) in [5, 5.41) is 23.7. The van der Waals surface area contributed by atoms with Crippen molar-refractivity contribution in [3.05, 3.63) is 54.7 Å². The maximum Gasteiger partial charge on any atom is 0.342 e. The molecule has 5 N–H and O–H groups in total. The highest BCUT2D eigenvalue weighted by Crippen LogP contribution is 2.21. The number of aromatic nitrogens is 4. The highest BCUT2D eigenvalue weighted by atomic mass is 16.4. The van der Waals surface area contributed by atoms with Crippen molar-refractivity contribution in [1.29, 1.82) is 0 Å². The molecule has 2 amide bonds. The lowest BCUT2D eigenvalue weighted by Crippen LogP contribution is -2.41. The first-order valence-electron chi connectivity index (χ1n) is 9.24. The number of carbonyl (C=O) groups excluding carboxylic acids is 2. The number of hydrogen-bond donors (Lipinski definition) is 5. The molecule has 1 aromatic carbocycles. The number of carboxylic acids is 1. The van der Waals surface area contributed by atoms with Gasteiger partial charge < -0.3 is 25.8 Å². The molecule has 0 saturated carbocycles. The summed E-state index contributed by atoms with van der Waals surface area (Å²) in [7, 11) is 0. The molecular weight excluding hydrogens is 404 g/mol. The van der Waals surface area contributed by atoms with E-state index in [1.54, 1.807) is 56.8 Å². The topological polar surface area (TPSA) is 170 Å². The van der Waals surface area contributed by atoms with Crippen LogP contribution in [-0.2, 0) is 9.59 Å². The van der Waals surface area contributed by atoms with Crippen LogP contribution in [0.3, 0.4) is 0 Å². The van der Waals surface area contributed by atoms with Crippen molar-refractivity contribution in [3.63, 3.8) is 0 Å². The van der Waals surface area contributed by atoms with Gasteiger partial charge in [-0.1, -0.05) is 6.92 Å². The number of benzene rings is 1. The third kappa shape index (κ3) is 6.92. The number of amides is 2. The van der Waals surface area contributed by atoms with E-state index < -0.39 is 17.9 Å². The van der Waals surface area contributed by atoms with Crippen molar-refractivity contribution in [1.82, 2.24) is 25.3 Å². The monoisotopic (exact) mass is 426 g/mol. The predicted molar refractivity (Wildman–Crippen MR) is 111 cm³/mol. The summed E-state index contributed by atoms with van der Waals surface area (Å²) in [5.41, 5.74) is 0.644. The van der Waals surface area contributed by atoms with Crippen LogP contribution in [0.15, 0.2) is 49.2 Å². The SMILES string of the molecule is CCC(=O)N[C@@H](C)C(=O)Nc1ccc(-c2ncc(C(=O)O)c(O)n2)cc1.c1c[nH]cn1. The second-order valence-electron chi connectivity index (χ2n) is 6.21. The van der Waals surface area contributed by atoms with Crippen LogP contribution in [0.2, 0.25) is 0 Å². The Morgan fingerprint density at radius 2 is 1.90 bits per heavy atom. The first-order chi connectivity index (χ1) is 14.8. The Bertz CT molecular complexity index is 1000. The van der Waals surface area contributed by atoms with Crippen LogP contribution in [0.1, 0.15) is 30.6 Å². The van der Waals surface area contributed by atoms with Crippen LogP contribution >= 0.6 is 0 Å². The number of rotatable bonds is 6. The number of aromatic amines is 1. The minimum Gasteiger partial charge on any atom is -0.493 e. The van der Waals surface area contributed by atoms with Gasteiger partial charge in [0.05, 0.1) is 6.33 Å². The average molecular weight is 426 g/mol. The second kappa shape index (κ2) is 11.0. The van der Waals surface area contributed by atoms with Gasteiger partial charge in [-0.3, -0.25) is 9.59 Å². The van der Waals surface area contributed by atoms with Gasteiger partial charge in [0, 0.05) is 36.3 Å². The molecule has 31 heavy (non-hydrogen) atoms. The fraction of sp³-hybridized carbons (Fsp3) is 0.200. The van der Waals surface area contributed by atoms with Crippen molar-refractivity contribution in [3.8, 4) is 17.3 Å². The Morgan fingerprint density at radius 1 is 1.19 bits per heavy atom. The molecule has 0 fully saturated rings. The van der Waals surface area contributed by atoms with E-state index in [1.807, 2.05) is 0 Å². The number of imidazole rings is 1. The molecule has 0 unspecified atom stereocenters. The van der Waals surface area contributed by atoms with Crippen LogP contribution in [0.25, 0.3) is 11.4 Å². The maximum absolute atomic E-state index is 12.0. The van der Waals surface area contributed by atoms with Gasteiger partial charge in [-0.2, -0.15) is 4.98 Å². The number of H-pyrrole nitrogens is 1. The van der Waals surface area contributed by atoms with Crippen LogP contribution in [0.4, 0.5) is 5.69 Å². The number of carboxylic acid groups (broad SMARTS) is 1. The van der Waals surface area contributed by atoms with Gasteiger partial charge in [-0.05, 0) is 31.2 Å². The number of nitrogens with one attached hydrogen (secondary N) is 3. The molecule has 0 spiro atoms. The third-order valence-electron chi connectivity index (χ3n) is 3.91. The van der Waals surface area contributed by atoms with Gasteiger partial charge in [0.15, 0.2) is 5.82 Å². The molecule has 11 heteroatoms. The van der Waals surface area contributed by atoms with E-state index in [1.165, 1.54) is 0 Å². The predicted octanol–water partition coefficient (Wildman–Crippen LogP) is 1.81. The lowest BCUT2D eigenvalue weighted by molar-refractivity contribution is -0.125. The zero-order chi connectivity index (χ0) is 22.8. The lowest BCUT2D eigenvalue weighted by atomic mass is 10.2. The fourth-order valence-electron chi connectivity index (χ4n) is 2.24. The Balaban J connectivity index is 0.000000597. The zero-order valence-corrected chi connectivity index (χ0v) is 16.9. The number of aromatic hydroxyl groups is 1. The molecule has 0 aliphatic rings. The Kier molecular flexibility index (Phi) is 8.20. The molecule has 162 valence electrons. The number of nitrogens with zero attached hydrogens (tertiary/aromatic N) is 3. The second-order valence-corrected chi connectivity index (χ2v) is 6.21. The molecule has 0 bridgehead atoms.